The number of carbonyl (C=O) groups excluding carboxylic acids is 1. The van der Waals surface area contributed by atoms with Crippen molar-refractivity contribution in [3.05, 3.63) is 68.8 Å². The minimum Gasteiger partial charge on any atom is -0.481 e. The Kier molecular flexibility index (Phi) is 6.45. The maximum atomic E-state index is 13.2. The molecule has 4 rings (SSSR count). The molecule has 0 radical (unpaired) electrons. The largest absolute Gasteiger partial charge is 0.481 e. The molecule has 2 heterocycles. The molecule has 3 N–H and O–H groups in total. The number of aryl methyl sites for hydroxylation is 1. The molecular weight excluding hydrogens is 463 g/mol. The first-order chi connectivity index (χ1) is 15.6. The van der Waals surface area contributed by atoms with Crippen LogP contribution in [0.25, 0.3) is 10.9 Å². The summed E-state index contributed by atoms with van der Waals surface area (Å²) in [6, 6.07) is 10.9. The Balaban J connectivity index is 1.60. The quantitative estimate of drug-likeness (QED) is 0.400. The van der Waals surface area contributed by atoms with Crippen molar-refractivity contribution in [1.82, 2.24) is 10.3 Å². The van der Waals surface area contributed by atoms with Crippen molar-refractivity contribution >= 4 is 46.0 Å². The van der Waals surface area contributed by atoms with E-state index < -0.39 is 17.4 Å². The van der Waals surface area contributed by atoms with Crippen LogP contribution in [0.15, 0.2) is 36.4 Å². The Hall–Kier alpha value is -2.54. The first-order valence-corrected chi connectivity index (χ1v) is 11.6. The van der Waals surface area contributed by atoms with Crippen LogP contribution in [-0.2, 0) is 15.1 Å². The SMILES string of the molecule is Cc1c(C(=O)NC2(c3ccc(C(CC(C)C)C(=O)O)cc3)COC2)[nH]c2ccc(Cl)c(Cl)c12. The fourth-order valence-corrected chi connectivity index (χ4v) is 4.85. The number of fused-ring (bicyclic) bond motifs is 1. The van der Waals surface area contributed by atoms with Gasteiger partial charge in [0.15, 0.2) is 0 Å². The van der Waals surface area contributed by atoms with E-state index in [0.29, 0.717) is 35.4 Å². The van der Waals surface area contributed by atoms with Gasteiger partial charge < -0.3 is 20.1 Å². The second kappa shape index (κ2) is 9.01. The molecule has 0 aliphatic carbocycles. The Morgan fingerprint density at radius 3 is 2.36 bits per heavy atom. The summed E-state index contributed by atoms with van der Waals surface area (Å²) in [5.41, 5.74) is 2.81. The smallest absolute Gasteiger partial charge is 0.310 e. The number of aromatic nitrogens is 1. The molecule has 6 nitrogen and oxygen atoms in total. The van der Waals surface area contributed by atoms with Gasteiger partial charge in [0, 0.05) is 10.9 Å². The predicted octanol–water partition coefficient (Wildman–Crippen LogP) is 5.65. The van der Waals surface area contributed by atoms with Crippen LogP contribution in [0.3, 0.4) is 0 Å². The highest BCUT2D eigenvalue weighted by Gasteiger charge is 2.42. The van der Waals surface area contributed by atoms with Gasteiger partial charge in [0.05, 0.1) is 29.2 Å². The first-order valence-electron chi connectivity index (χ1n) is 10.8. The third-order valence-corrected chi connectivity index (χ3v) is 7.06. The number of nitrogens with one attached hydrogen (secondary N) is 2. The van der Waals surface area contributed by atoms with E-state index >= 15 is 0 Å². The number of amides is 1. The van der Waals surface area contributed by atoms with E-state index in [-0.39, 0.29) is 11.8 Å². The maximum Gasteiger partial charge on any atom is 0.310 e. The van der Waals surface area contributed by atoms with Crippen molar-refractivity contribution in [2.45, 2.75) is 38.6 Å². The number of carboxylic acids is 1. The molecule has 33 heavy (non-hydrogen) atoms. The van der Waals surface area contributed by atoms with Crippen molar-refractivity contribution in [1.29, 1.82) is 0 Å². The number of halogens is 2. The zero-order valence-corrected chi connectivity index (χ0v) is 20.2. The van der Waals surface area contributed by atoms with Crippen LogP contribution in [0, 0.1) is 12.8 Å². The van der Waals surface area contributed by atoms with Crippen LogP contribution in [0.2, 0.25) is 10.0 Å². The average molecular weight is 489 g/mol. The number of carbonyl (C=O) groups is 2. The van der Waals surface area contributed by atoms with Gasteiger partial charge >= 0.3 is 5.97 Å². The maximum absolute atomic E-state index is 13.2. The number of H-pyrrole nitrogens is 1. The van der Waals surface area contributed by atoms with Crippen molar-refractivity contribution in [2.24, 2.45) is 5.92 Å². The standard InChI is InChI=1S/C25H26Cl2N2O4/c1-13(2)10-17(24(31)32)15-4-6-16(7-5-15)25(11-33-12-25)29-23(30)22-14(3)20-19(28-22)9-8-18(26)21(20)27/h4-9,13,17,28H,10-12H2,1-3H3,(H,29,30)(H,31,32). The summed E-state index contributed by atoms with van der Waals surface area (Å²) >= 11 is 12.5. The number of hydrogen-bond acceptors (Lipinski definition) is 3. The normalized spacial score (nSPS) is 15.9. The van der Waals surface area contributed by atoms with Gasteiger partial charge in [-0.15, -0.1) is 0 Å². The van der Waals surface area contributed by atoms with Crippen molar-refractivity contribution < 1.29 is 19.4 Å². The molecule has 1 fully saturated rings. The molecule has 1 atom stereocenters. The number of aromatic amines is 1. The average Bonchev–Trinajstić information content (AvgIpc) is 3.08. The van der Waals surface area contributed by atoms with Gasteiger partial charge in [0.1, 0.15) is 11.2 Å². The van der Waals surface area contributed by atoms with E-state index in [2.05, 4.69) is 10.3 Å². The topological polar surface area (TPSA) is 91.4 Å². The molecule has 0 spiro atoms. The Morgan fingerprint density at radius 1 is 1.15 bits per heavy atom. The van der Waals surface area contributed by atoms with Crippen LogP contribution < -0.4 is 5.32 Å². The third-order valence-electron chi connectivity index (χ3n) is 6.25. The molecular formula is C25H26Cl2N2O4. The number of hydrogen-bond donors (Lipinski definition) is 3. The lowest BCUT2D eigenvalue weighted by Gasteiger charge is -2.42. The lowest BCUT2D eigenvalue weighted by Crippen LogP contribution is -2.59. The number of carboxylic acid groups (broad SMARTS) is 1. The third kappa shape index (κ3) is 4.35. The van der Waals surface area contributed by atoms with Crippen LogP contribution >= 0.6 is 23.2 Å². The second-order valence-electron chi connectivity index (χ2n) is 9.08. The lowest BCUT2D eigenvalue weighted by atomic mass is 9.84. The van der Waals surface area contributed by atoms with Gasteiger partial charge in [-0.2, -0.15) is 0 Å². The molecule has 0 bridgehead atoms. The minimum absolute atomic E-state index is 0.263. The predicted molar refractivity (Wildman–Crippen MR) is 129 cm³/mol. The molecule has 1 unspecified atom stereocenters. The van der Waals surface area contributed by atoms with Crippen LogP contribution in [0.5, 0.6) is 0 Å². The summed E-state index contributed by atoms with van der Waals surface area (Å²) in [6.45, 7) is 6.51. The summed E-state index contributed by atoms with van der Waals surface area (Å²) in [5.74, 6) is -1.40. The zero-order chi connectivity index (χ0) is 23.9. The van der Waals surface area contributed by atoms with Crippen molar-refractivity contribution in [2.75, 3.05) is 13.2 Å². The summed E-state index contributed by atoms with van der Waals surface area (Å²) in [5, 5.41) is 14.3. The fourth-order valence-electron chi connectivity index (χ4n) is 4.38. The summed E-state index contributed by atoms with van der Waals surface area (Å²) in [6.07, 6.45) is 0.561. The number of rotatable bonds is 7. The van der Waals surface area contributed by atoms with E-state index in [4.69, 9.17) is 27.9 Å². The second-order valence-corrected chi connectivity index (χ2v) is 9.87. The molecule has 1 amide bonds. The monoisotopic (exact) mass is 488 g/mol. The highest BCUT2D eigenvalue weighted by atomic mass is 35.5. The van der Waals surface area contributed by atoms with E-state index in [1.165, 1.54) is 0 Å². The summed E-state index contributed by atoms with van der Waals surface area (Å²) < 4.78 is 5.46. The van der Waals surface area contributed by atoms with Gasteiger partial charge in [-0.25, -0.2) is 0 Å². The van der Waals surface area contributed by atoms with E-state index in [9.17, 15) is 14.7 Å². The Morgan fingerprint density at radius 2 is 1.82 bits per heavy atom. The highest BCUT2D eigenvalue weighted by Crippen LogP contribution is 2.36. The number of ether oxygens (including phenoxy) is 1. The fraction of sp³-hybridized carbons (Fsp3) is 0.360. The summed E-state index contributed by atoms with van der Waals surface area (Å²) in [7, 11) is 0. The van der Waals surface area contributed by atoms with Gasteiger partial charge in [-0.05, 0) is 48.1 Å². The molecule has 2 aromatic carbocycles. The van der Waals surface area contributed by atoms with Crippen molar-refractivity contribution in [3.63, 3.8) is 0 Å². The van der Waals surface area contributed by atoms with Crippen LogP contribution in [0.4, 0.5) is 0 Å². The molecule has 1 aromatic heterocycles. The molecule has 1 aliphatic rings. The molecule has 1 aliphatic heterocycles. The van der Waals surface area contributed by atoms with Crippen molar-refractivity contribution in [3.8, 4) is 0 Å². The molecule has 0 saturated carbocycles. The molecule has 174 valence electrons. The Bertz CT molecular complexity index is 1210. The molecule has 3 aromatic rings. The molecule has 1 saturated heterocycles. The zero-order valence-electron chi connectivity index (χ0n) is 18.7. The van der Waals surface area contributed by atoms with E-state index in [1.54, 1.807) is 12.1 Å². The minimum atomic E-state index is -0.834. The van der Waals surface area contributed by atoms with Crippen LogP contribution in [-0.4, -0.2) is 35.2 Å². The van der Waals surface area contributed by atoms with Gasteiger partial charge in [0.25, 0.3) is 5.91 Å². The Labute approximate surface area is 202 Å². The highest BCUT2D eigenvalue weighted by molar-refractivity contribution is 6.45. The number of benzene rings is 2. The molecule has 8 heteroatoms. The van der Waals surface area contributed by atoms with Gasteiger partial charge in [-0.1, -0.05) is 61.3 Å². The van der Waals surface area contributed by atoms with E-state index in [0.717, 1.165) is 27.6 Å². The lowest BCUT2D eigenvalue weighted by molar-refractivity contribution is -0.139. The van der Waals surface area contributed by atoms with Gasteiger partial charge in [-0.3, -0.25) is 9.59 Å². The first kappa shape index (κ1) is 23.6. The van der Waals surface area contributed by atoms with E-state index in [1.807, 2.05) is 45.0 Å². The van der Waals surface area contributed by atoms with Crippen LogP contribution in [0.1, 0.15) is 53.4 Å². The number of aliphatic carboxylic acids is 1. The summed E-state index contributed by atoms with van der Waals surface area (Å²) in [4.78, 5) is 28.1. The van der Waals surface area contributed by atoms with Gasteiger partial charge in [0.2, 0.25) is 0 Å².